The van der Waals surface area contributed by atoms with E-state index >= 15 is 0 Å². The highest BCUT2D eigenvalue weighted by atomic mass is 16.4. The summed E-state index contributed by atoms with van der Waals surface area (Å²) < 4.78 is 0. The minimum Gasteiger partial charge on any atom is -0.481 e. The van der Waals surface area contributed by atoms with Crippen molar-refractivity contribution in [3.8, 4) is 0 Å². The third-order valence-corrected chi connectivity index (χ3v) is 5.50. The van der Waals surface area contributed by atoms with Crippen molar-refractivity contribution in [2.75, 3.05) is 6.54 Å². The molecule has 1 heterocycles. The number of nitrogens with zero attached hydrogens (tertiary/aromatic N) is 1. The number of benzene rings is 2. The van der Waals surface area contributed by atoms with Gasteiger partial charge >= 0.3 is 5.97 Å². The van der Waals surface area contributed by atoms with E-state index < -0.39 is 11.9 Å². The Morgan fingerprint density at radius 2 is 1.72 bits per heavy atom. The summed E-state index contributed by atoms with van der Waals surface area (Å²) in [5.74, 6) is -1.15. The van der Waals surface area contributed by atoms with Gasteiger partial charge in [0.05, 0.1) is 5.92 Å². The standard InChI is InChI=1S/C21H21NO3/c1-13-6-2-4-8-15(13)17-10-18(17)20(23)22-11-14-7-3-5-9-16(14)19(12-22)21(24)25/h2-9,17-19H,10-12H2,1H3,(H,24,25). The highest BCUT2D eigenvalue weighted by Crippen LogP contribution is 2.50. The molecule has 0 saturated heterocycles. The fourth-order valence-corrected chi connectivity index (χ4v) is 4.04. The van der Waals surface area contributed by atoms with Crippen molar-refractivity contribution in [3.63, 3.8) is 0 Å². The number of carbonyl (C=O) groups is 2. The maximum atomic E-state index is 13.0. The first-order valence-corrected chi connectivity index (χ1v) is 8.71. The summed E-state index contributed by atoms with van der Waals surface area (Å²) in [7, 11) is 0. The fraction of sp³-hybridized carbons (Fsp3) is 0.333. The average molecular weight is 335 g/mol. The van der Waals surface area contributed by atoms with Gasteiger partial charge in [0.25, 0.3) is 0 Å². The molecule has 0 radical (unpaired) electrons. The largest absolute Gasteiger partial charge is 0.481 e. The highest BCUT2D eigenvalue weighted by Gasteiger charge is 2.47. The zero-order valence-corrected chi connectivity index (χ0v) is 14.2. The van der Waals surface area contributed by atoms with E-state index in [0.717, 1.165) is 17.5 Å². The summed E-state index contributed by atoms with van der Waals surface area (Å²) in [5.41, 5.74) is 4.25. The molecule has 0 bridgehead atoms. The van der Waals surface area contributed by atoms with Crippen molar-refractivity contribution in [1.29, 1.82) is 0 Å². The lowest BCUT2D eigenvalue weighted by Crippen LogP contribution is -2.41. The number of rotatable bonds is 3. The molecule has 0 spiro atoms. The Hall–Kier alpha value is -2.62. The second-order valence-electron chi connectivity index (χ2n) is 7.11. The van der Waals surface area contributed by atoms with Gasteiger partial charge in [-0.05, 0) is 41.5 Å². The van der Waals surface area contributed by atoms with Crippen LogP contribution < -0.4 is 0 Å². The van der Waals surface area contributed by atoms with Gasteiger partial charge in [0.1, 0.15) is 0 Å². The number of amides is 1. The zero-order valence-electron chi connectivity index (χ0n) is 14.2. The molecule has 1 saturated carbocycles. The molecular formula is C21H21NO3. The van der Waals surface area contributed by atoms with Gasteiger partial charge in [-0.1, -0.05) is 48.5 Å². The van der Waals surface area contributed by atoms with E-state index in [4.69, 9.17) is 0 Å². The van der Waals surface area contributed by atoms with Gasteiger partial charge in [-0.25, -0.2) is 0 Å². The Morgan fingerprint density at radius 1 is 1.04 bits per heavy atom. The number of hydrogen-bond acceptors (Lipinski definition) is 2. The van der Waals surface area contributed by atoms with Crippen LogP contribution in [-0.4, -0.2) is 28.4 Å². The van der Waals surface area contributed by atoms with E-state index in [1.807, 2.05) is 36.4 Å². The summed E-state index contributed by atoms with van der Waals surface area (Å²) in [4.78, 5) is 26.4. The summed E-state index contributed by atoms with van der Waals surface area (Å²) in [5, 5.41) is 9.57. The second-order valence-corrected chi connectivity index (χ2v) is 7.11. The quantitative estimate of drug-likeness (QED) is 0.936. The van der Waals surface area contributed by atoms with E-state index in [1.54, 1.807) is 4.90 Å². The van der Waals surface area contributed by atoms with Crippen LogP contribution in [0.4, 0.5) is 0 Å². The summed E-state index contributed by atoms with van der Waals surface area (Å²) >= 11 is 0. The lowest BCUT2D eigenvalue weighted by atomic mass is 9.89. The van der Waals surface area contributed by atoms with Crippen LogP contribution >= 0.6 is 0 Å². The van der Waals surface area contributed by atoms with Crippen molar-refractivity contribution >= 4 is 11.9 Å². The number of aryl methyl sites for hydroxylation is 1. The number of carbonyl (C=O) groups excluding carboxylic acids is 1. The molecule has 1 aliphatic heterocycles. The molecule has 0 aromatic heterocycles. The van der Waals surface area contributed by atoms with E-state index in [2.05, 4.69) is 19.1 Å². The zero-order chi connectivity index (χ0) is 17.6. The Morgan fingerprint density at radius 3 is 2.44 bits per heavy atom. The van der Waals surface area contributed by atoms with Gasteiger partial charge in [-0.15, -0.1) is 0 Å². The average Bonchev–Trinajstić information content (AvgIpc) is 3.41. The van der Waals surface area contributed by atoms with Gasteiger partial charge in [0.15, 0.2) is 0 Å². The Balaban J connectivity index is 1.54. The van der Waals surface area contributed by atoms with E-state index in [0.29, 0.717) is 6.54 Å². The maximum absolute atomic E-state index is 13.0. The van der Waals surface area contributed by atoms with Crippen LogP contribution in [0.25, 0.3) is 0 Å². The molecular weight excluding hydrogens is 314 g/mol. The second kappa shape index (κ2) is 6.03. The molecule has 1 aliphatic carbocycles. The first kappa shape index (κ1) is 15.9. The van der Waals surface area contributed by atoms with Gasteiger partial charge in [0.2, 0.25) is 5.91 Å². The molecule has 25 heavy (non-hydrogen) atoms. The monoisotopic (exact) mass is 335 g/mol. The van der Waals surface area contributed by atoms with E-state index in [9.17, 15) is 14.7 Å². The molecule has 3 unspecified atom stereocenters. The molecule has 3 atom stereocenters. The first-order valence-electron chi connectivity index (χ1n) is 8.71. The van der Waals surface area contributed by atoms with Crippen molar-refractivity contribution in [2.45, 2.75) is 31.7 Å². The highest BCUT2D eigenvalue weighted by molar-refractivity contribution is 5.85. The Bertz CT molecular complexity index is 845. The topological polar surface area (TPSA) is 57.6 Å². The SMILES string of the molecule is Cc1ccccc1C1CC1C(=O)N1Cc2ccccc2C(C(=O)O)C1. The molecule has 4 rings (SSSR count). The molecule has 4 heteroatoms. The lowest BCUT2D eigenvalue weighted by Gasteiger charge is -2.33. The smallest absolute Gasteiger partial charge is 0.312 e. The van der Waals surface area contributed by atoms with Gasteiger partial charge in [-0.3, -0.25) is 9.59 Å². The number of hydrogen-bond donors (Lipinski definition) is 1. The van der Waals surface area contributed by atoms with Crippen LogP contribution in [0.1, 0.15) is 40.5 Å². The molecule has 2 aromatic rings. The Kier molecular flexibility index (Phi) is 3.83. The minimum atomic E-state index is -0.865. The normalized spacial score (nSPS) is 24.5. The maximum Gasteiger partial charge on any atom is 0.312 e. The van der Waals surface area contributed by atoms with Gasteiger partial charge < -0.3 is 10.0 Å². The lowest BCUT2D eigenvalue weighted by molar-refractivity contribution is -0.141. The van der Waals surface area contributed by atoms with Crippen molar-refractivity contribution in [1.82, 2.24) is 4.90 Å². The molecule has 128 valence electrons. The molecule has 1 amide bonds. The van der Waals surface area contributed by atoms with Crippen molar-refractivity contribution in [3.05, 3.63) is 70.8 Å². The van der Waals surface area contributed by atoms with Crippen LogP contribution in [0.5, 0.6) is 0 Å². The van der Waals surface area contributed by atoms with Crippen LogP contribution in [0.2, 0.25) is 0 Å². The van der Waals surface area contributed by atoms with Crippen LogP contribution in [0.3, 0.4) is 0 Å². The predicted molar refractivity (Wildman–Crippen MR) is 94.3 cm³/mol. The third-order valence-electron chi connectivity index (χ3n) is 5.50. The molecule has 2 aromatic carbocycles. The van der Waals surface area contributed by atoms with Crippen LogP contribution in [-0.2, 0) is 16.1 Å². The first-order chi connectivity index (χ1) is 12.1. The van der Waals surface area contributed by atoms with E-state index in [1.165, 1.54) is 11.1 Å². The molecule has 1 fully saturated rings. The van der Waals surface area contributed by atoms with E-state index in [-0.39, 0.29) is 24.3 Å². The Labute approximate surface area is 147 Å². The summed E-state index contributed by atoms with van der Waals surface area (Å²) in [6.45, 7) is 2.85. The molecule has 1 N–H and O–H groups in total. The van der Waals surface area contributed by atoms with Crippen LogP contribution in [0.15, 0.2) is 48.5 Å². The van der Waals surface area contributed by atoms with Crippen molar-refractivity contribution in [2.24, 2.45) is 5.92 Å². The molecule has 2 aliphatic rings. The third kappa shape index (κ3) is 2.82. The summed E-state index contributed by atoms with van der Waals surface area (Å²) in [6, 6.07) is 15.8. The predicted octanol–water partition coefficient (Wildman–Crippen LogP) is 3.31. The van der Waals surface area contributed by atoms with Gasteiger partial charge in [0, 0.05) is 19.0 Å². The molecule has 4 nitrogen and oxygen atoms in total. The number of carboxylic acid groups (broad SMARTS) is 1. The number of aliphatic carboxylic acids is 1. The summed E-state index contributed by atoms with van der Waals surface area (Å²) in [6.07, 6.45) is 0.861. The fourth-order valence-electron chi connectivity index (χ4n) is 4.04. The van der Waals surface area contributed by atoms with Gasteiger partial charge in [-0.2, -0.15) is 0 Å². The van der Waals surface area contributed by atoms with Crippen LogP contribution in [0, 0.1) is 12.8 Å². The number of carboxylic acids is 1. The number of fused-ring (bicyclic) bond motifs is 1. The minimum absolute atomic E-state index is 0.0131. The van der Waals surface area contributed by atoms with Crippen molar-refractivity contribution < 1.29 is 14.7 Å².